The zero-order valence-corrected chi connectivity index (χ0v) is 15.7. The average Bonchev–Trinajstić information content (AvgIpc) is 2.62. The Hall–Kier alpha value is -2.52. The number of halogens is 2. The Labute approximate surface area is 156 Å². The number of hydrogen-bond acceptors (Lipinski definition) is 4. The van der Waals surface area contributed by atoms with Gasteiger partial charge in [0.25, 0.3) is 5.91 Å². The van der Waals surface area contributed by atoms with Crippen molar-refractivity contribution < 1.29 is 26.7 Å². The Kier molecular flexibility index (Phi) is 6.86. The maximum atomic E-state index is 12.6. The molecule has 2 rings (SSSR count). The van der Waals surface area contributed by atoms with E-state index in [1.54, 1.807) is 26.1 Å². The molecule has 146 valence electrons. The minimum absolute atomic E-state index is 0.0112. The van der Waals surface area contributed by atoms with Gasteiger partial charge in [-0.25, -0.2) is 13.1 Å². The van der Waals surface area contributed by atoms with Gasteiger partial charge in [0.15, 0.2) is 0 Å². The van der Waals surface area contributed by atoms with Gasteiger partial charge >= 0.3 is 6.61 Å². The summed E-state index contributed by atoms with van der Waals surface area (Å²) in [6.45, 7) is -0.771. The van der Waals surface area contributed by atoms with Crippen LogP contribution in [0.2, 0.25) is 0 Å². The Morgan fingerprint density at radius 3 is 2.44 bits per heavy atom. The third-order valence-electron chi connectivity index (χ3n) is 3.64. The number of rotatable bonds is 8. The van der Waals surface area contributed by atoms with Crippen molar-refractivity contribution in [3.05, 3.63) is 59.7 Å². The molecule has 6 nitrogen and oxygen atoms in total. The van der Waals surface area contributed by atoms with E-state index in [0.29, 0.717) is 5.56 Å². The Morgan fingerprint density at radius 1 is 1.19 bits per heavy atom. The van der Waals surface area contributed by atoms with E-state index in [0.717, 1.165) is 0 Å². The summed E-state index contributed by atoms with van der Waals surface area (Å²) in [5.74, 6) is -0.333. The molecule has 0 aliphatic rings. The lowest BCUT2D eigenvalue weighted by Gasteiger charge is -2.18. The number of alkyl halides is 2. The second-order valence-corrected chi connectivity index (χ2v) is 7.48. The third kappa shape index (κ3) is 5.73. The molecule has 0 fully saturated rings. The van der Waals surface area contributed by atoms with Crippen LogP contribution in [-0.4, -0.2) is 39.4 Å². The van der Waals surface area contributed by atoms with Crippen molar-refractivity contribution in [1.29, 1.82) is 0 Å². The van der Waals surface area contributed by atoms with Crippen LogP contribution in [0.5, 0.6) is 5.75 Å². The van der Waals surface area contributed by atoms with E-state index in [4.69, 9.17) is 0 Å². The summed E-state index contributed by atoms with van der Waals surface area (Å²) in [6, 6.07) is 11.7. The SMILES string of the molecule is CCNS(=O)(=O)c1cccc(C(=O)N(C)Cc2ccc(OC(F)F)cc2)c1. The van der Waals surface area contributed by atoms with Crippen LogP contribution in [0.3, 0.4) is 0 Å². The highest BCUT2D eigenvalue weighted by Gasteiger charge is 2.17. The van der Waals surface area contributed by atoms with E-state index >= 15 is 0 Å². The van der Waals surface area contributed by atoms with Gasteiger partial charge in [-0.2, -0.15) is 8.78 Å². The predicted octanol–water partition coefficient (Wildman–Crippen LogP) is 2.86. The van der Waals surface area contributed by atoms with E-state index in [-0.39, 0.29) is 35.2 Å². The molecule has 0 bridgehead atoms. The number of ether oxygens (including phenoxy) is 1. The number of nitrogens with zero attached hydrogens (tertiary/aromatic N) is 1. The highest BCUT2D eigenvalue weighted by Crippen LogP contribution is 2.17. The molecule has 0 saturated carbocycles. The van der Waals surface area contributed by atoms with E-state index in [1.807, 2.05) is 0 Å². The molecule has 0 unspecified atom stereocenters. The lowest BCUT2D eigenvalue weighted by molar-refractivity contribution is -0.0498. The van der Waals surface area contributed by atoms with Crippen molar-refractivity contribution in [3.63, 3.8) is 0 Å². The van der Waals surface area contributed by atoms with Gasteiger partial charge in [0, 0.05) is 25.7 Å². The number of benzene rings is 2. The molecule has 0 atom stereocenters. The molecule has 0 radical (unpaired) electrons. The van der Waals surface area contributed by atoms with Crippen LogP contribution in [0, 0.1) is 0 Å². The first kappa shape index (κ1) is 20.8. The minimum Gasteiger partial charge on any atom is -0.435 e. The molecule has 0 heterocycles. The Bertz CT molecular complexity index is 886. The number of hydrogen-bond donors (Lipinski definition) is 1. The molecule has 1 amide bonds. The third-order valence-corrected chi connectivity index (χ3v) is 5.18. The summed E-state index contributed by atoms with van der Waals surface area (Å²) in [6.07, 6.45) is 0. The zero-order valence-electron chi connectivity index (χ0n) is 14.9. The molecule has 0 saturated heterocycles. The molecule has 0 aliphatic heterocycles. The maximum Gasteiger partial charge on any atom is 0.387 e. The highest BCUT2D eigenvalue weighted by atomic mass is 32.2. The van der Waals surface area contributed by atoms with Crippen molar-refractivity contribution in [2.45, 2.75) is 25.0 Å². The van der Waals surface area contributed by atoms with Gasteiger partial charge in [-0.3, -0.25) is 4.79 Å². The average molecular weight is 398 g/mol. The first-order chi connectivity index (χ1) is 12.7. The van der Waals surface area contributed by atoms with Crippen molar-refractivity contribution >= 4 is 15.9 Å². The number of nitrogens with one attached hydrogen (secondary N) is 1. The minimum atomic E-state index is -3.66. The summed E-state index contributed by atoms with van der Waals surface area (Å²) in [4.78, 5) is 14.0. The van der Waals surface area contributed by atoms with Gasteiger partial charge in [-0.05, 0) is 35.9 Å². The van der Waals surface area contributed by atoms with Gasteiger partial charge in [-0.1, -0.05) is 25.1 Å². The van der Waals surface area contributed by atoms with Crippen LogP contribution in [0.25, 0.3) is 0 Å². The van der Waals surface area contributed by atoms with E-state index in [1.165, 1.54) is 41.3 Å². The summed E-state index contributed by atoms with van der Waals surface area (Å²) in [5.41, 5.74) is 0.943. The summed E-state index contributed by atoms with van der Waals surface area (Å²) in [7, 11) is -2.09. The van der Waals surface area contributed by atoms with Crippen LogP contribution < -0.4 is 9.46 Å². The van der Waals surface area contributed by atoms with Crippen LogP contribution >= 0.6 is 0 Å². The van der Waals surface area contributed by atoms with Crippen molar-refractivity contribution in [1.82, 2.24) is 9.62 Å². The lowest BCUT2D eigenvalue weighted by atomic mass is 10.1. The quantitative estimate of drug-likeness (QED) is 0.742. The molecule has 2 aromatic rings. The van der Waals surface area contributed by atoms with Crippen LogP contribution in [0.1, 0.15) is 22.8 Å². The van der Waals surface area contributed by atoms with Gasteiger partial charge in [-0.15, -0.1) is 0 Å². The van der Waals surface area contributed by atoms with Crippen LogP contribution in [0.15, 0.2) is 53.4 Å². The van der Waals surface area contributed by atoms with E-state index < -0.39 is 16.6 Å². The molecule has 27 heavy (non-hydrogen) atoms. The maximum absolute atomic E-state index is 12.6. The summed E-state index contributed by atoms with van der Waals surface area (Å²) in [5, 5.41) is 0. The topological polar surface area (TPSA) is 75.7 Å². The molecule has 9 heteroatoms. The Balaban J connectivity index is 2.11. The van der Waals surface area contributed by atoms with E-state index in [2.05, 4.69) is 9.46 Å². The fourth-order valence-electron chi connectivity index (χ4n) is 2.41. The first-order valence-electron chi connectivity index (χ1n) is 8.12. The zero-order chi connectivity index (χ0) is 20.0. The van der Waals surface area contributed by atoms with E-state index in [9.17, 15) is 22.0 Å². The molecule has 0 aliphatic carbocycles. The molecular formula is C18H20F2N2O4S. The molecule has 0 aromatic heterocycles. The van der Waals surface area contributed by atoms with Crippen LogP contribution in [0.4, 0.5) is 8.78 Å². The molecular weight excluding hydrogens is 378 g/mol. The number of carbonyl (C=O) groups is 1. The second-order valence-electron chi connectivity index (χ2n) is 5.71. The van der Waals surface area contributed by atoms with Gasteiger partial charge < -0.3 is 9.64 Å². The monoisotopic (exact) mass is 398 g/mol. The van der Waals surface area contributed by atoms with Crippen molar-refractivity contribution in [3.8, 4) is 5.75 Å². The fourth-order valence-corrected chi connectivity index (χ4v) is 3.50. The van der Waals surface area contributed by atoms with Crippen molar-refractivity contribution in [2.24, 2.45) is 0 Å². The predicted molar refractivity (Wildman–Crippen MR) is 96.2 cm³/mol. The summed E-state index contributed by atoms with van der Waals surface area (Å²) >= 11 is 0. The highest BCUT2D eigenvalue weighted by molar-refractivity contribution is 7.89. The molecule has 0 spiro atoms. The number of carbonyl (C=O) groups excluding carboxylic acids is 1. The second kappa shape index (κ2) is 8.92. The van der Waals surface area contributed by atoms with Crippen LogP contribution in [-0.2, 0) is 16.6 Å². The lowest BCUT2D eigenvalue weighted by Crippen LogP contribution is -2.27. The summed E-state index contributed by atoms with van der Waals surface area (Å²) < 4.78 is 55.1. The normalized spacial score (nSPS) is 11.4. The first-order valence-corrected chi connectivity index (χ1v) is 9.60. The number of sulfonamides is 1. The van der Waals surface area contributed by atoms with Crippen molar-refractivity contribution in [2.75, 3.05) is 13.6 Å². The van der Waals surface area contributed by atoms with Gasteiger partial charge in [0.05, 0.1) is 4.90 Å². The van der Waals surface area contributed by atoms with Gasteiger partial charge in [0.1, 0.15) is 5.75 Å². The number of amides is 1. The smallest absolute Gasteiger partial charge is 0.387 e. The largest absolute Gasteiger partial charge is 0.435 e. The standard InChI is InChI=1S/C18H20F2N2O4S/c1-3-21-27(24,25)16-6-4-5-14(11-16)17(23)22(2)12-13-7-9-15(10-8-13)26-18(19)20/h4-11,18,21H,3,12H2,1-2H3. The Morgan fingerprint density at radius 2 is 1.85 bits per heavy atom. The fraction of sp³-hybridized carbons (Fsp3) is 0.278. The molecule has 2 aromatic carbocycles. The molecule has 1 N–H and O–H groups in total. The van der Waals surface area contributed by atoms with Gasteiger partial charge in [0.2, 0.25) is 10.0 Å².